The number of nitrogens with zero attached hydrogens (tertiary/aromatic N) is 1. The van der Waals surface area contributed by atoms with E-state index >= 15 is 0 Å². The fourth-order valence-electron chi connectivity index (χ4n) is 2.23. The lowest BCUT2D eigenvalue weighted by molar-refractivity contribution is 0.102. The maximum Gasteiger partial charge on any atom is 0.257 e. The lowest BCUT2D eigenvalue weighted by Crippen LogP contribution is -2.15. The molecule has 1 amide bonds. The SMILES string of the molecule is Cc1cc(C)c(NC(=O)c2cnc(NN)c(Cl)c2)c(C)c1. The number of nitrogens with one attached hydrogen (secondary N) is 2. The van der Waals surface area contributed by atoms with Crippen molar-refractivity contribution in [1.82, 2.24) is 4.98 Å². The minimum absolute atomic E-state index is 0.261. The maximum atomic E-state index is 12.3. The van der Waals surface area contributed by atoms with Crippen LogP contribution in [0.15, 0.2) is 24.4 Å². The van der Waals surface area contributed by atoms with E-state index in [9.17, 15) is 4.79 Å². The van der Waals surface area contributed by atoms with Crippen LogP contribution in [0.2, 0.25) is 5.02 Å². The standard InChI is InChI=1S/C15H17ClN4O/c1-8-4-9(2)13(10(3)5-8)19-15(21)11-6-12(16)14(20-17)18-7-11/h4-7H,17H2,1-3H3,(H,18,20)(H,19,21). The number of nitrogen functional groups attached to an aromatic ring is 1. The van der Waals surface area contributed by atoms with Crippen LogP contribution in [0.1, 0.15) is 27.0 Å². The van der Waals surface area contributed by atoms with E-state index in [1.54, 1.807) is 0 Å². The monoisotopic (exact) mass is 304 g/mol. The summed E-state index contributed by atoms with van der Waals surface area (Å²) in [6.07, 6.45) is 1.43. The lowest BCUT2D eigenvalue weighted by Gasteiger charge is -2.13. The number of aromatic nitrogens is 1. The van der Waals surface area contributed by atoms with Gasteiger partial charge in [-0.15, -0.1) is 0 Å². The second-order valence-corrected chi connectivity index (χ2v) is 5.33. The van der Waals surface area contributed by atoms with Gasteiger partial charge in [0.25, 0.3) is 5.91 Å². The third kappa shape index (κ3) is 3.32. The smallest absolute Gasteiger partial charge is 0.257 e. The quantitative estimate of drug-likeness (QED) is 0.601. The molecular weight excluding hydrogens is 288 g/mol. The zero-order valence-electron chi connectivity index (χ0n) is 12.1. The van der Waals surface area contributed by atoms with Crippen molar-refractivity contribution in [3.63, 3.8) is 0 Å². The molecule has 0 aliphatic rings. The minimum Gasteiger partial charge on any atom is -0.321 e. The van der Waals surface area contributed by atoms with E-state index in [1.165, 1.54) is 12.3 Å². The van der Waals surface area contributed by atoms with Gasteiger partial charge in [0, 0.05) is 11.9 Å². The summed E-state index contributed by atoms with van der Waals surface area (Å²) in [5.74, 6) is 5.33. The van der Waals surface area contributed by atoms with Crippen LogP contribution in [0, 0.1) is 20.8 Å². The van der Waals surface area contributed by atoms with E-state index in [4.69, 9.17) is 17.4 Å². The molecule has 0 unspecified atom stereocenters. The third-order valence-electron chi connectivity index (χ3n) is 3.16. The van der Waals surface area contributed by atoms with E-state index in [0.717, 1.165) is 22.4 Å². The highest BCUT2D eigenvalue weighted by Crippen LogP contribution is 2.24. The van der Waals surface area contributed by atoms with Gasteiger partial charge < -0.3 is 10.7 Å². The molecule has 0 fully saturated rings. The topological polar surface area (TPSA) is 80.0 Å². The van der Waals surface area contributed by atoms with Crippen molar-refractivity contribution in [1.29, 1.82) is 0 Å². The fourth-order valence-corrected chi connectivity index (χ4v) is 2.45. The number of benzene rings is 1. The number of carbonyl (C=O) groups excluding carboxylic acids is 1. The molecule has 2 aromatic rings. The molecule has 0 aliphatic heterocycles. The van der Waals surface area contributed by atoms with Crippen LogP contribution in [0.4, 0.5) is 11.5 Å². The summed E-state index contributed by atoms with van der Waals surface area (Å²) in [5.41, 5.74) is 6.73. The Hall–Kier alpha value is -2.11. The lowest BCUT2D eigenvalue weighted by atomic mass is 10.0. The average Bonchev–Trinajstić information content (AvgIpc) is 2.42. The number of hydrogen-bond donors (Lipinski definition) is 3. The first-order valence-electron chi connectivity index (χ1n) is 6.43. The molecule has 0 bridgehead atoms. The molecule has 1 aromatic heterocycles. The molecule has 6 heteroatoms. The van der Waals surface area contributed by atoms with Gasteiger partial charge in [0.05, 0.1) is 10.6 Å². The number of carbonyl (C=O) groups is 1. The summed E-state index contributed by atoms with van der Waals surface area (Å²) < 4.78 is 0. The van der Waals surface area contributed by atoms with Crippen molar-refractivity contribution in [2.75, 3.05) is 10.7 Å². The third-order valence-corrected chi connectivity index (χ3v) is 3.44. The number of nitrogens with two attached hydrogens (primary N) is 1. The van der Waals surface area contributed by atoms with Crippen molar-refractivity contribution >= 4 is 29.0 Å². The van der Waals surface area contributed by atoms with Gasteiger partial charge in [-0.1, -0.05) is 29.3 Å². The molecule has 1 heterocycles. The van der Waals surface area contributed by atoms with Gasteiger partial charge in [-0.2, -0.15) is 0 Å². The summed E-state index contributed by atoms with van der Waals surface area (Å²) in [4.78, 5) is 16.3. The molecule has 21 heavy (non-hydrogen) atoms. The number of rotatable bonds is 3. The molecular formula is C15H17ClN4O. The van der Waals surface area contributed by atoms with Gasteiger partial charge in [0.2, 0.25) is 0 Å². The fraction of sp³-hybridized carbons (Fsp3) is 0.200. The second kappa shape index (κ2) is 6.11. The largest absolute Gasteiger partial charge is 0.321 e. The molecule has 4 N–H and O–H groups in total. The molecule has 0 radical (unpaired) electrons. The molecule has 1 aromatic carbocycles. The molecule has 5 nitrogen and oxygen atoms in total. The van der Waals surface area contributed by atoms with E-state index in [0.29, 0.717) is 16.4 Å². The van der Waals surface area contributed by atoms with Gasteiger partial charge in [0.15, 0.2) is 5.82 Å². The Morgan fingerprint density at radius 2 is 1.81 bits per heavy atom. The van der Waals surface area contributed by atoms with Gasteiger partial charge in [-0.3, -0.25) is 4.79 Å². The van der Waals surface area contributed by atoms with Crippen molar-refractivity contribution in [2.45, 2.75) is 20.8 Å². The zero-order chi connectivity index (χ0) is 15.6. The number of anilines is 2. The summed E-state index contributed by atoms with van der Waals surface area (Å²) in [5, 5.41) is 3.19. The van der Waals surface area contributed by atoms with Crippen LogP contribution in [-0.2, 0) is 0 Å². The Labute approximate surface area is 128 Å². The van der Waals surface area contributed by atoms with Crippen LogP contribution in [0.25, 0.3) is 0 Å². The Morgan fingerprint density at radius 1 is 1.19 bits per heavy atom. The summed E-state index contributed by atoms with van der Waals surface area (Å²) >= 11 is 5.97. The van der Waals surface area contributed by atoms with Gasteiger partial charge in [0.1, 0.15) is 0 Å². The average molecular weight is 305 g/mol. The van der Waals surface area contributed by atoms with Crippen molar-refractivity contribution in [2.24, 2.45) is 5.84 Å². The van der Waals surface area contributed by atoms with E-state index in [-0.39, 0.29) is 5.91 Å². The van der Waals surface area contributed by atoms with Crippen LogP contribution in [-0.4, -0.2) is 10.9 Å². The van der Waals surface area contributed by atoms with E-state index < -0.39 is 0 Å². The summed E-state index contributed by atoms with van der Waals surface area (Å²) in [7, 11) is 0. The van der Waals surface area contributed by atoms with Gasteiger partial charge >= 0.3 is 0 Å². The van der Waals surface area contributed by atoms with Crippen molar-refractivity contribution in [3.05, 3.63) is 51.7 Å². The Balaban J connectivity index is 2.28. The molecule has 0 saturated carbocycles. The Morgan fingerprint density at radius 3 is 2.33 bits per heavy atom. The zero-order valence-corrected chi connectivity index (χ0v) is 12.9. The normalized spacial score (nSPS) is 10.3. The number of hydrogen-bond acceptors (Lipinski definition) is 4. The number of pyridine rings is 1. The Bertz CT molecular complexity index is 677. The maximum absolute atomic E-state index is 12.3. The first-order chi connectivity index (χ1) is 9.92. The minimum atomic E-state index is -0.261. The number of aryl methyl sites for hydroxylation is 3. The van der Waals surface area contributed by atoms with Crippen molar-refractivity contribution < 1.29 is 4.79 Å². The van der Waals surface area contributed by atoms with E-state index in [1.807, 2.05) is 32.9 Å². The predicted octanol–water partition coefficient (Wildman–Crippen LogP) is 3.20. The number of hydrazine groups is 1. The first-order valence-corrected chi connectivity index (χ1v) is 6.81. The molecule has 2 rings (SSSR count). The van der Waals surface area contributed by atoms with Crippen LogP contribution in [0.5, 0.6) is 0 Å². The molecule has 0 atom stereocenters. The molecule has 0 spiro atoms. The number of halogens is 1. The summed E-state index contributed by atoms with van der Waals surface area (Å²) in [6.45, 7) is 5.94. The highest BCUT2D eigenvalue weighted by molar-refractivity contribution is 6.33. The van der Waals surface area contributed by atoms with Crippen LogP contribution >= 0.6 is 11.6 Å². The highest BCUT2D eigenvalue weighted by Gasteiger charge is 2.12. The van der Waals surface area contributed by atoms with Crippen LogP contribution in [0.3, 0.4) is 0 Å². The first kappa shape index (κ1) is 15.3. The molecule has 0 aliphatic carbocycles. The van der Waals surface area contributed by atoms with E-state index in [2.05, 4.69) is 15.7 Å². The summed E-state index contributed by atoms with van der Waals surface area (Å²) in [6, 6.07) is 5.57. The second-order valence-electron chi connectivity index (χ2n) is 4.93. The van der Waals surface area contributed by atoms with Gasteiger partial charge in [-0.25, -0.2) is 10.8 Å². The Kier molecular flexibility index (Phi) is 4.45. The van der Waals surface area contributed by atoms with Crippen LogP contribution < -0.4 is 16.6 Å². The predicted molar refractivity (Wildman–Crippen MR) is 85.7 cm³/mol. The highest BCUT2D eigenvalue weighted by atomic mass is 35.5. The number of amides is 1. The molecule has 0 saturated heterocycles. The van der Waals surface area contributed by atoms with Crippen molar-refractivity contribution in [3.8, 4) is 0 Å². The van der Waals surface area contributed by atoms with Gasteiger partial charge in [-0.05, 0) is 38.0 Å². The molecule has 110 valence electrons.